The number of nitrogens with one attached hydrogen (secondary N) is 1. The van der Waals surface area contributed by atoms with E-state index in [9.17, 15) is 0 Å². The van der Waals surface area contributed by atoms with Gasteiger partial charge < -0.3 is 19.5 Å². The molecule has 0 aliphatic carbocycles. The molecule has 0 aliphatic heterocycles. The molecule has 1 rings (SSSR count). The van der Waals surface area contributed by atoms with Crippen LogP contribution in [-0.4, -0.2) is 45.1 Å². The molecule has 5 nitrogen and oxygen atoms in total. The summed E-state index contributed by atoms with van der Waals surface area (Å²) < 4.78 is 15.8. The molecule has 0 atom stereocenters. The van der Waals surface area contributed by atoms with Crippen LogP contribution in [0, 0.1) is 0 Å². The van der Waals surface area contributed by atoms with Crippen molar-refractivity contribution in [3.8, 4) is 5.88 Å². The van der Waals surface area contributed by atoms with Crippen molar-refractivity contribution in [2.45, 2.75) is 19.9 Å². The van der Waals surface area contributed by atoms with Gasteiger partial charge in [0.1, 0.15) is 11.6 Å². The highest BCUT2D eigenvalue weighted by molar-refractivity contribution is 6.31. The van der Waals surface area contributed by atoms with Gasteiger partial charge in [0.15, 0.2) is 0 Å². The first kappa shape index (κ1) is 17.2. The number of nitrogens with zero attached hydrogens (tertiary/aromatic N) is 1. The third-order valence-corrected chi connectivity index (χ3v) is 2.82. The first-order chi connectivity index (χ1) is 9.77. The Morgan fingerprint density at radius 2 is 2.10 bits per heavy atom. The van der Waals surface area contributed by atoms with Crippen molar-refractivity contribution in [1.82, 2.24) is 10.3 Å². The third kappa shape index (κ3) is 7.05. The van der Waals surface area contributed by atoms with Crippen molar-refractivity contribution >= 4 is 11.6 Å². The summed E-state index contributed by atoms with van der Waals surface area (Å²) >= 11 is 6.12. The Balaban J connectivity index is 2.23. The van der Waals surface area contributed by atoms with Gasteiger partial charge in [-0.05, 0) is 24.6 Å². The molecule has 1 aromatic heterocycles. The molecule has 20 heavy (non-hydrogen) atoms. The van der Waals surface area contributed by atoms with Crippen molar-refractivity contribution < 1.29 is 14.2 Å². The third-order valence-electron chi connectivity index (χ3n) is 2.55. The van der Waals surface area contributed by atoms with E-state index in [-0.39, 0.29) is 0 Å². The van der Waals surface area contributed by atoms with Crippen molar-refractivity contribution in [2.75, 3.05) is 40.1 Å². The minimum absolute atomic E-state index is 0.437. The van der Waals surface area contributed by atoms with Gasteiger partial charge in [-0.25, -0.2) is 4.98 Å². The molecule has 0 aromatic carbocycles. The Labute approximate surface area is 125 Å². The van der Waals surface area contributed by atoms with Crippen LogP contribution >= 0.6 is 11.6 Å². The quantitative estimate of drug-likeness (QED) is 0.636. The molecular weight excluding hydrogens is 280 g/mol. The average Bonchev–Trinajstić information content (AvgIpc) is 2.46. The lowest BCUT2D eigenvalue weighted by Gasteiger charge is -2.09. The second kappa shape index (κ2) is 10.9. The highest BCUT2D eigenvalue weighted by Gasteiger charge is 2.04. The van der Waals surface area contributed by atoms with Crippen molar-refractivity contribution in [3.05, 3.63) is 22.8 Å². The second-order valence-electron chi connectivity index (χ2n) is 4.22. The smallest absolute Gasteiger partial charge is 0.232 e. The van der Waals surface area contributed by atoms with Crippen LogP contribution in [0.4, 0.5) is 0 Å². The number of halogens is 1. The summed E-state index contributed by atoms with van der Waals surface area (Å²) in [5.74, 6) is 0.451. The summed E-state index contributed by atoms with van der Waals surface area (Å²) in [5, 5.41) is 3.75. The molecule has 0 unspecified atom stereocenters. The van der Waals surface area contributed by atoms with E-state index in [1.54, 1.807) is 13.3 Å². The van der Waals surface area contributed by atoms with Gasteiger partial charge in [0.2, 0.25) is 5.88 Å². The second-order valence-corrected chi connectivity index (χ2v) is 4.63. The summed E-state index contributed by atoms with van der Waals surface area (Å²) in [6, 6.07) is 1.87. The lowest BCUT2D eigenvalue weighted by molar-refractivity contribution is 0.0796. The molecule has 1 N–H and O–H groups in total. The molecule has 0 spiro atoms. The monoisotopic (exact) mass is 302 g/mol. The number of methoxy groups -OCH3 is 1. The van der Waals surface area contributed by atoms with Gasteiger partial charge in [0, 0.05) is 33.1 Å². The number of hydrogen-bond donors (Lipinski definition) is 1. The van der Waals surface area contributed by atoms with Crippen LogP contribution < -0.4 is 10.1 Å². The van der Waals surface area contributed by atoms with Crippen molar-refractivity contribution in [1.29, 1.82) is 0 Å². The standard InChI is InChI=1S/C14H23ClN2O3/c1-3-16-10-12-9-13(15)14(17-11-12)20-8-7-19-6-4-5-18-2/h9,11,16H,3-8,10H2,1-2H3. The molecule has 0 bridgehead atoms. The molecule has 0 aliphatic rings. The van der Waals surface area contributed by atoms with Crippen LogP contribution in [0.25, 0.3) is 0 Å². The van der Waals surface area contributed by atoms with Crippen LogP contribution in [0.2, 0.25) is 5.02 Å². The van der Waals surface area contributed by atoms with Crippen LogP contribution in [0.15, 0.2) is 12.3 Å². The van der Waals surface area contributed by atoms with E-state index in [4.69, 9.17) is 25.8 Å². The van der Waals surface area contributed by atoms with Crippen LogP contribution in [0.5, 0.6) is 5.88 Å². The zero-order chi connectivity index (χ0) is 14.6. The van der Waals surface area contributed by atoms with Gasteiger partial charge in [-0.1, -0.05) is 18.5 Å². The van der Waals surface area contributed by atoms with Crippen molar-refractivity contribution in [3.63, 3.8) is 0 Å². The van der Waals surface area contributed by atoms with E-state index in [0.717, 1.165) is 25.1 Å². The topological polar surface area (TPSA) is 52.6 Å². The van der Waals surface area contributed by atoms with E-state index >= 15 is 0 Å². The highest BCUT2D eigenvalue weighted by atomic mass is 35.5. The Bertz CT molecular complexity index is 377. The molecule has 0 fully saturated rings. The fraction of sp³-hybridized carbons (Fsp3) is 0.643. The van der Waals surface area contributed by atoms with E-state index in [1.165, 1.54) is 0 Å². The van der Waals surface area contributed by atoms with Gasteiger partial charge in [-0.2, -0.15) is 0 Å². The average molecular weight is 303 g/mol. The maximum absolute atomic E-state index is 6.12. The Kier molecular flexibility index (Phi) is 9.32. The largest absolute Gasteiger partial charge is 0.474 e. The molecule has 0 radical (unpaired) electrons. The van der Waals surface area contributed by atoms with Gasteiger partial charge in [0.05, 0.1) is 6.61 Å². The van der Waals surface area contributed by atoms with Crippen LogP contribution in [0.3, 0.4) is 0 Å². The number of rotatable bonds is 11. The Morgan fingerprint density at radius 1 is 1.25 bits per heavy atom. The zero-order valence-corrected chi connectivity index (χ0v) is 12.9. The van der Waals surface area contributed by atoms with E-state index in [2.05, 4.69) is 17.2 Å². The van der Waals surface area contributed by atoms with E-state index < -0.39 is 0 Å². The maximum Gasteiger partial charge on any atom is 0.232 e. The predicted molar refractivity (Wildman–Crippen MR) is 79.4 cm³/mol. The van der Waals surface area contributed by atoms with Gasteiger partial charge >= 0.3 is 0 Å². The maximum atomic E-state index is 6.12. The van der Waals surface area contributed by atoms with Gasteiger partial charge in [-0.3, -0.25) is 0 Å². The lowest BCUT2D eigenvalue weighted by Crippen LogP contribution is -2.12. The molecular formula is C14H23ClN2O3. The first-order valence-corrected chi connectivity index (χ1v) is 7.20. The number of aromatic nitrogens is 1. The van der Waals surface area contributed by atoms with Crippen LogP contribution in [0.1, 0.15) is 18.9 Å². The summed E-state index contributed by atoms with van der Waals surface area (Å²) in [6.45, 7) is 6.05. The minimum Gasteiger partial charge on any atom is -0.474 e. The Morgan fingerprint density at radius 3 is 2.80 bits per heavy atom. The molecule has 0 saturated carbocycles. The summed E-state index contributed by atoms with van der Waals surface area (Å²) in [4.78, 5) is 4.21. The highest BCUT2D eigenvalue weighted by Crippen LogP contribution is 2.22. The SMILES string of the molecule is CCNCc1cnc(OCCOCCCOC)c(Cl)c1. The number of pyridine rings is 1. The Hall–Kier alpha value is -0.880. The summed E-state index contributed by atoms with van der Waals surface area (Å²) in [7, 11) is 1.68. The van der Waals surface area contributed by atoms with E-state index in [0.29, 0.717) is 37.3 Å². The fourth-order valence-electron chi connectivity index (χ4n) is 1.54. The zero-order valence-electron chi connectivity index (χ0n) is 12.2. The molecule has 1 aromatic rings. The number of ether oxygens (including phenoxy) is 3. The van der Waals surface area contributed by atoms with Gasteiger partial charge in [-0.15, -0.1) is 0 Å². The minimum atomic E-state index is 0.437. The van der Waals surface area contributed by atoms with E-state index in [1.807, 2.05) is 6.07 Å². The summed E-state index contributed by atoms with van der Waals surface area (Å²) in [5.41, 5.74) is 1.04. The normalized spacial score (nSPS) is 10.8. The van der Waals surface area contributed by atoms with Crippen molar-refractivity contribution in [2.24, 2.45) is 0 Å². The lowest BCUT2D eigenvalue weighted by atomic mass is 10.3. The van der Waals surface area contributed by atoms with Gasteiger partial charge in [0.25, 0.3) is 0 Å². The fourth-order valence-corrected chi connectivity index (χ4v) is 1.79. The molecule has 114 valence electrons. The molecule has 6 heteroatoms. The van der Waals surface area contributed by atoms with Crippen LogP contribution in [-0.2, 0) is 16.0 Å². The molecule has 0 amide bonds. The molecule has 1 heterocycles. The number of hydrogen-bond acceptors (Lipinski definition) is 5. The first-order valence-electron chi connectivity index (χ1n) is 6.82. The predicted octanol–water partition coefficient (Wildman–Crippen LogP) is 2.28. The molecule has 0 saturated heterocycles. The summed E-state index contributed by atoms with van der Waals surface area (Å²) in [6.07, 6.45) is 2.65.